The highest BCUT2D eigenvalue weighted by Gasteiger charge is 2.30. The molecule has 1 aliphatic rings. The SMILES string of the molecule is CCOc1ccc2cc(S(=O)(=O)N[C@H]3CC[C@H](C(=O)N[C@H](CO)c4ccccc4)CC3)ccc2n1. The Morgan fingerprint density at radius 1 is 1.09 bits per heavy atom. The van der Waals surface area contributed by atoms with Crippen molar-refractivity contribution in [3.63, 3.8) is 0 Å². The fourth-order valence-electron chi connectivity index (χ4n) is 4.45. The standard InChI is InChI=1S/C26H31N3O5S/c1-2-34-25-15-10-20-16-22(13-14-23(20)27-25)35(32,33)29-21-11-8-19(9-12-21)26(31)28-24(17-30)18-6-4-3-5-7-18/h3-7,10,13-16,19,21,24,29-30H,2,8-9,11-12,17H2,1H3,(H,28,31)/t19-,21-,24-/m1/s1. The summed E-state index contributed by atoms with van der Waals surface area (Å²) < 4.78 is 34.2. The van der Waals surface area contributed by atoms with E-state index < -0.39 is 16.1 Å². The molecule has 8 nitrogen and oxygen atoms in total. The quantitative estimate of drug-likeness (QED) is 0.418. The van der Waals surface area contributed by atoms with Gasteiger partial charge in [-0.3, -0.25) is 4.79 Å². The highest BCUT2D eigenvalue weighted by Crippen LogP contribution is 2.27. The molecule has 1 atom stereocenters. The van der Waals surface area contributed by atoms with Crippen LogP contribution < -0.4 is 14.8 Å². The van der Waals surface area contributed by atoms with Crippen molar-refractivity contribution in [2.75, 3.05) is 13.2 Å². The van der Waals surface area contributed by atoms with E-state index in [-0.39, 0.29) is 29.4 Å². The smallest absolute Gasteiger partial charge is 0.240 e. The molecule has 3 aromatic rings. The van der Waals surface area contributed by atoms with E-state index >= 15 is 0 Å². The number of ether oxygens (including phenoxy) is 1. The Kier molecular flexibility index (Phi) is 8.00. The summed E-state index contributed by atoms with van der Waals surface area (Å²) in [7, 11) is -3.71. The summed E-state index contributed by atoms with van der Waals surface area (Å²) >= 11 is 0. The van der Waals surface area contributed by atoms with E-state index in [1.165, 1.54) is 0 Å². The van der Waals surface area contributed by atoms with Gasteiger partial charge in [0.25, 0.3) is 0 Å². The van der Waals surface area contributed by atoms with Crippen molar-refractivity contribution in [2.24, 2.45) is 5.92 Å². The molecular formula is C26H31N3O5S. The maximum Gasteiger partial charge on any atom is 0.240 e. The van der Waals surface area contributed by atoms with Crippen molar-refractivity contribution >= 4 is 26.8 Å². The second-order valence-electron chi connectivity index (χ2n) is 8.76. The van der Waals surface area contributed by atoms with Crippen LogP contribution in [0, 0.1) is 5.92 Å². The summed E-state index contributed by atoms with van der Waals surface area (Å²) in [5, 5.41) is 13.4. The van der Waals surface area contributed by atoms with Crippen LogP contribution in [-0.2, 0) is 14.8 Å². The second kappa shape index (κ2) is 11.2. The van der Waals surface area contributed by atoms with Gasteiger partial charge in [0.05, 0.1) is 29.7 Å². The van der Waals surface area contributed by atoms with Crippen LogP contribution in [0.25, 0.3) is 10.9 Å². The Labute approximate surface area is 205 Å². The average molecular weight is 498 g/mol. The Hall–Kier alpha value is -3.01. The third-order valence-corrected chi connectivity index (χ3v) is 7.88. The third-order valence-electron chi connectivity index (χ3n) is 6.36. The molecule has 186 valence electrons. The Morgan fingerprint density at radius 3 is 2.51 bits per heavy atom. The van der Waals surface area contributed by atoms with Gasteiger partial charge in [-0.05, 0) is 62.4 Å². The predicted octanol–water partition coefficient (Wildman–Crippen LogP) is 3.32. The van der Waals surface area contributed by atoms with Crippen LogP contribution in [0.3, 0.4) is 0 Å². The Morgan fingerprint density at radius 2 is 1.83 bits per heavy atom. The molecule has 0 bridgehead atoms. The number of carbonyl (C=O) groups is 1. The zero-order valence-electron chi connectivity index (χ0n) is 19.7. The lowest BCUT2D eigenvalue weighted by molar-refractivity contribution is -0.127. The fraction of sp³-hybridized carbons (Fsp3) is 0.385. The number of amides is 1. The van der Waals surface area contributed by atoms with Crippen LogP contribution >= 0.6 is 0 Å². The van der Waals surface area contributed by atoms with E-state index in [0.29, 0.717) is 49.1 Å². The number of carbonyl (C=O) groups excluding carboxylic acids is 1. The van der Waals surface area contributed by atoms with Gasteiger partial charge in [-0.25, -0.2) is 18.1 Å². The van der Waals surface area contributed by atoms with E-state index in [1.807, 2.05) is 37.3 Å². The minimum Gasteiger partial charge on any atom is -0.478 e. The molecule has 0 saturated heterocycles. The monoisotopic (exact) mass is 497 g/mol. The summed E-state index contributed by atoms with van der Waals surface area (Å²) in [5.74, 6) is 0.186. The normalized spacial score (nSPS) is 19.3. The van der Waals surface area contributed by atoms with Gasteiger partial charge >= 0.3 is 0 Å². The third kappa shape index (κ3) is 6.17. The van der Waals surface area contributed by atoms with Crippen LogP contribution in [-0.4, -0.2) is 43.7 Å². The first-order chi connectivity index (χ1) is 16.9. The van der Waals surface area contributed by atoms with Gasteiger partial charge in [-0.1, -0.05) is 30.3 Å². The Balaban J connectivity index is 1.34. The number of aliphatic hydroxyl groups is 1. The molecule has 1 aliphatic carbocycles. The number of aliphatic hydroxyl groups excluding tert-OH is 1. The number of hydrogen-bond donors (Lipinski definition) is 3. The largest absolute Gasteiger partial charge is 0.478 e. The molecule has 2 aromatic carbocycles. The lowest BCUT2D eigenvalue weighted by Gasteiger charge is -2.29. The van der Waals surface area contributed by atoms with Gasteiger partial charge in [0, 0.05) is 23.4 Å². The minimum absolute atomic E-state index is 0.109. The van der Waals surface area contributed by atoms with Crippen LogP contribution in [0.2, 0.25) is 0 Å². The van der Waals surface area contributed by atoms with Crippen molar-refractivity contribution in [1.29, 1.82) is 0 Å². The number of nitrogens with one attached hydrogen (secondary N) is 2. The van der Waals surface area contributed by atoms with Crippen molar-refractivity contribution < 1.29 is 23.1 Å². The van der Waals surface area contributed by atoms with Gasteiger partial charge < -0.3 is 15.2 Å². The summed E-state index contributed by atoms with van der Waals surface area (Å²) in [4.78, 5) is 17.3. The van der Waals surface area contributed by atoms with Crippen LogP contribution in [0.5, 0.6) is 5.88 Å². The van der Waals surface area contributed by atoms with Gasteiger partial charge in [0.1, 0.15) is 0 Å². The maximum atomic E-state index is 13.0. The van der Waals surface area contributed by atoms with E-state index in [2.05, 4.69) is 15.0 Å². The molecule has 4 rings (SSSR count). The summed E-state index contributed by atoms with van der Waals surface area (Å²) in [6, 6.07) is 17.0. The molecule has 3 N–H and O–H groups in total. The predicted molar refractivity (Wildman–Crippen MR) is 133 cm³/mol. The van der Waals surface area contributed by atoms with Crippen molar-refractivity contribution in [2.45, 2.75) is 49.6 Å². The van der Waals surface area contributed by atoms with Gasteiger partial charge in [-0.15, -0.1) is 0 Å². The van der Waals surface area contributed by atoms with Crippen LogP contribution in [0.4, 0.5) is 0 Å². The average Bonchev–Trinajstić information content (AvgIpc) is 2.87. The molecule has 1 amide bonds. The van der Waals surface area contributed by atoms with Gasteiger partial charge in [0.15, 0.2) is 0 Å². The van der Waals surface area contributed by atoms with Crippen molar-refractivity contribution in [3.8, 4) is 5.88 Å². The maximum absolute atomic E-state index is 13.0. The first-order valence-electron chi connectivity index (χ1n) is 11.9. The molecule has 1 fully saturated rings. The number of aromatic nitrogens is 1. The number of pyridine rings is 1. The number of sulfonamides is 1. The molecule has 1 aromatic heterocycles. The van der Waals surface area contributed by atoms with E-state index in [9.17, 15) is 18.3 Å². The first-order valence-corrected chi connectivity index (χ1v) is 13.4. The molecule has 0 unspecified atom stereocenters. The molecule has 0 spiro atoms. The molecule has 1 saturated carbocycles. The summed E-state index contributed by atoms with van der Waals surface area (Å²) in [5.41, 5.74) is 1.52. The summed E-state index contributed by atoms with van der Waals surface area (Å²) in [6.07, 6.45) is 2.29. The lowest BCUT2D eigenvalue weighted by atomic mass is 9.85. The topological polar surface area (TPSA) is 118 Å². The fourth-order valence-corrected chi connectivity index (χ4v) is 5.79. The lowest BCUT2D eigenvalue weighted by Crippen LogP contribution is -2.42. The zero-order valence-corrected chi connectivity index (χ0v) is 20.5. The van der Waals surface area contributed by atoms with Crippen molar-refractivity contribution in [1.82, 2.24) is 15.0 Å². The molecule has 0 radical (unpaired) electrons. The van der Waals surface area contributed by atoms with Crippen molar-refractivity contribution in [3.05, 3.63) is 66.2 Å². The summed E-state index contributed by atoms with van der Waals surface area (Å²) in [6.45, 7) is 2.20. The molecule has 35 heavy (non-hydrogen) atoms. The molecule has 0 aliphatic heterocycles. The van der Waals surface area contributed by atoms with E-state index in [4.69, 9.17) is 4.74 Å². The number of hydrogen-bond acceptors (Lipinski definition) is 6. The zero-order chi connectivity index (χ0) is 24.8. The van der Waals surface area contributed by atoms with Crippen LogP contribution in [0.15, 0.2) is 65.6 Å². The van der Waals surface area contributed by atoms with Gasteiger partial charge in [0.2, 0.25) is 21.8 Å². The number of benzene rings is 2. The highest BCUT2D eigenvalue weighted by atomic mass is 32.2. The second-order valence-corrected chi connectivity index (χ2v) is 10.5. The first kappa shape index (κ1) is 25.1. The number of fused-ring (bicyclic) bond motifs is 1. The van der Waals surface area contributed by atoms with Crippen LogP contribution in [0.1, 0.15) is 44.2 Å². The number of rotatable bonds is 9. The minimum atomic E-state index is -3.71. The molecule has 9 heteroatoms. The Bertz CT molecular complexity index is 1260. The van der Waals surface area contributed by atoms with Gasteiger partial charge in [-0.2, -0.15) is 0 Å². The number of nitrogens with zero attached hydrogens (tertiary/aromatic N) is 1. The molecular weight excluding hydrogens is 466 g/mol. The van der Waals surface area contributed by atoms with E-state index in [1.54, 1.807) is 30.3 Å². The highest BCUT2D eigenvalue weighted by molar-refractivity contribution is 7.89. The van der Waals surface area contributed by atoms with E-state index in [0.717, 1.165) is 5.56 Å². The molecule has 1 heterocycles.